The molecule has 0 atom stereocenters. The minimum atomic E-state index is 0.614. The summed E-state index contributed by atoms with van der Waals surface area (Å²) in [7, 11) is 0. The molecular weight excluding hydrogens is 286 g/mol. The molecular formula is C17H14ClNO2. The SMILES string of the molecule is CCOc1ccc(-c2[nH]c3ccc(Cl)cc3c2C=O)cc1. The number of ether oxygens (including phenoxy) is 1. The highest BCUT2D eigenvalue weighted by Gasteiger charge is 2.13. The van der Waals surface area contributed by atoms with Crippen LogP contribution < -0.4 is 4.74 Å². The monoisotopic (exact) mass is 299 g/mol. The molecule has 106 valence electrons. The average molecular weight is 300 g/mol. The summed E-state index contributed by atoms with van der Waals surface area (Å²) >= 11 is 6.01. The van der Waals surface area contributed by atoms with Crippen LogP contribution in [0.4, 0.5) is 0 Å². The lowest BCUT2D eigenvalue weighted by Crippen LogP contribution is -1.91. The summed E-state index contributed by atoms with van der Waals surface area (Å²) in [6.45, 7) is 2.57. The van der Waals surface area contributed by atoms with Gasteiger partial charge in [-0.1, -0.05) is 11.6 Å². The van der Waals surface area contributed by atoms with Crippen molar-refractivity contribution in [1.82, 2.24) is 4.98 Å². The predicted octanol–water partition coefficient (Wildman–Crippen LogP) is 4.70. The molecule has 0 aliphatic carbocycles. The number of rotatable bonds is 4. The van der Waals surface area contributed by atoms with E-state index in [1.807, 2.05) is 37.3 Å². The molecule has 0 bridgehead atoms. The first kappa shape index (κ1) is 13.7. The minimum absolute atomic E-state index is 0.614. The molecule has 3 nitrogen and oxygen atoms in total. The number of nitrogens with one attached hydrogen (secondary N) is 1. The summed E-state index contributed by atoms with van der Waals surface area (Å²) in [6.07, 6.45) is 0.862. The fraction of sp³-hybridized carbons (Fsp3) is 0.118. The van der Waals surface area contributed by atoms with Gasteiger partial charge in [-0.15, -0.1) is 0 Å². The lowest BCUT2D eigenvalue weighted by molar-refractivity contribution is 0.112. The minimum Gasteiger partial charge on any atom is -0.494 e. The summed E-state index contributed by atoms with van der Waals surface area (Å²) < 4.78 is 5.43. The predicted molar refractivity (Wildman–Crippen MR) is 85.3 cm³/mol. The van der Waals surface area contributed by atoms with Crippen LogP contribution in [-0.2, 0) is 0 Å². The number of halogens is 1. The van der Waals surface area contributed by atoms with Gasteiger partial charge in [-0.2, -0.15) is 0 Å². The number of aldehydes is 1. The number of carbonyl (C=O) groups excluding carboxylic acids is 1. The molecule has 4 heteroatoms. The fourth-order valence-corrected chi connectivity index (χ4v) is 2.59. The number of hydrogen-bond acceptors (Lipinski definition) is 2. The molecule has 1 N–H and O–H groups in total. The van der Waals surface area contributed by atoms with Gasteiger partial charge in [0.1, 0.15) is 5.75 Å². The largest absolute Gasteiger partial charge is 0.494 e. The second kappa shape index (κ2) is 5.62. The third-order valence-corrected chi connectivity index (χ3v) is 3.61. The van der Waals surface area contributed by atoms with E-state index >= 15 is 0 Å². The maximum absolute atomic E-state index is 11.5. The van der Waals surface area contributed by atoms with E-state index in [0.29, 0.717) is 17.2 Å². The van der Waals surface area contributed by atoms with E-state index in [-0.39, 0.29) is 0 Å². The highest BCUT2D eigenvalue weighted by molar-refractivity contribution is 6.31. The zero-order valence-corrected chi connectivity index (χ0v) is 12.3. The zero-order chi connectivity index (χ0) is 14.8. The van der Waals surface area contributed by atoms with Crippen molar-refractivity contribution in [1.29, 1.82) is 0 Å². The summed E-state index contributed by atoms with van der Waals surface area (Å²) in [4.78, 5) is 14.7. The van der Waals surface area contributed by atoms with Gasteiger partial charge in [0, 0.05) is 21.5 Å². The topological polar surface area (TPSA) is 42.1 Å². The number of fused-ring (bicyclic) bond motifs is 1. The Labute approximate surface area is 127 Å². The van der Waals surface area contributed by atoms with Crippen molar-refractivity contribution in [3.05, 3.63) is 53.1 Å². The third kappa shape index (κ3) is 2.52. The molecule has 0 saturated heterocycles. The van der Waals surface area contributed by atoms with Gasteiger partial charge < -0.3 is 9.72 Å². The fourth-order valence-electron chi connectivity index (χ4n) is 2.42. The van der Waals surface area contributed by atoms with Crippen LogP contribution >= 0.6 is 11.6 Å². The third-order valence-electron chi connectivity index (χ3n) is 3.37. The van der Waals surface area contributed by atoms with E-state index in [2.05, 4.69) is 4.98 Å². The Kier molecular flexibility index (Phi) is 3.67. The molecule has 0 amide bonds. The summed E-state index contributed by atoms with van der Waals surface area (Å²) in [5, 5.41) is 1.45. The highest BCUT2D eigenvalue weighted by atomic mass is 35.5. The normalized spacial score (nSPS) is 10.8. The van der Waals surface area contributed by atoms with Gasteiger partial charge >= 0.3 is 0 Å². The Hall–Kier alpha value is -2.26. The van der Waals surface area contributed by atoms with E-state index in [4.69, 9.17) is 16.3 Å². The Morgan fingerprint density at radius 2 is 1.95 bits per heavy atom. The molecule has 0 radical (unpaired) electrons. The van der Waals surface area contributed by atoms with E-state index in [9.17, 15) is 4.79 Å². The van der Waals surface area contributed by atoms with Crippen LogP contribution in [0.25, 0.3) is 22.2 Å². The van der Waals surface area contributed by atoms with Crippen molar-refractivity contribution in [2.24, 2.45) is 0 Å². The van der Waals surface area contributed by atoms with Crippen LogP contribution in [0.3, 0.4) is 0 Å². The van der Waals surface area contributed by atoms with Crippen molar-refractivity contribution in [3.63, 3.8) is 0 Å². The van der Waals surface area contributed by atoms with Crippen molar-refractivity contribution in [3.8, 4) is 17.0 Å². The molecule has 0 unspecified atom stereocenters. The van der Waals surface area contributed by atoms with Crippen molar-refractivity contribution < 1.29 is 9.53 Å². The van der Waals surface area contributed by atoms with E-state index < -0.39 is 0 Å². The Morgan fingerprint density at radius 3 is 2.62 bits per heavy atom. The van der Waals surface area contributed by atoms with Crippen molar-refractivity contribution in [2.45, 2.75) is 6.92 Å². The van der Waals surface area contributed by atoms with Gasteiger partial charge in [0.2, 0.25) is 0 Å². The lowest BCUT2D eigenvalue weighted by atomic mass is 10.1. The molecule has 0 fully saturated rings. The maximum Gasteiger partial charge on any atom is 0.152 e. The molecule has 0 saturated carbocycles. The van der Waals surface area contributed by atoms with Crippen molar-refractivity contribution in [2.75, 3.05) is 6.61 Å². The molecule has 3 aromatic rings. The van der Waals surface area contributed by atoms with E-state index in [1.54, 1.807) is 12.1 Å². The van der Waals surface area contributed by atoms with Crippen molar-refractivity contribution >= 4 is 28.8 Å². The molecule has 3 rings (SSSR count). The second-order valence-electron chi connectivity index (χ2n) is 4.68. The first-order valence-corrected chi connectivity index (χ1v) is 7.10. The van der Waals surface area contributed by atoms with Gasteiger partial charge in [-0.25, -0.2) is 0 Å². The summed E-state index contributed by atoms with van der Waals surface area (Å²) in [5.41, 5.74) is 3.25. The van der Waals surface area contributed by atoms with Crippen LogP contribution in [0, 0.1) is 0 Å². The standard InChI is InChI=1S/C17H14ClNO2/c1-2-21-13-6-3-11(4-7-13)17-15(10-20)14-9-12(18)5-8-16(14)19-17/h3-10,19H,2H2,1H3. The van der Waals surface area contributed by atoms with Gasteiger partial charge in [-0.3, -0.25) is 4.79 Å². The Bertz CT molecular complexity index is 790. The number of carbonyl (C=O) groups is 1. The van der Waals surface area contributed by atoms with Gasteiger partial charge in [-0.05, 0) is 55.0 Å². The molecule has 0 aliphatic rings. The van der Waals surface area contributed by atoms with Gasteiger partial charge in [0.05, 0.1) is 12.3 Å². The molecule has 1 aromatic heterocycles. The molecule has 21 heavy (non-hydrogen) atoms. The molecule has 0 spiro atoms. The van der Waals surface area contributed by atoms with E-state index in [0.717, 1.165) is 34.2 Å². The summed E-state index contributed by atoms with van der Waals surface area (Å²) in [6, 6.07) is 13.1. The Morgan fingerprint density at radius 1 is 1.19 bits per heavy atom. The Balaban J connectivity index is 2.13. The quantitative estimate of drug-likeness (QED) is 0.710. The van der Waals surface area contributed by atoms with Gasteiger partial charge in [0.15, 0.2) is 6.29 Å². The van der Waals surface area contributed by atoms with E-state index in [1.165, 1.54) is 0 Å². The number of aromatic nitrogens is 1. The molecule has 1 heterocycles. The first-order chi connectivity index (χ1) is 10.2. The van der Waals surface area contributed by atoms with Crippen LogP contribution in [0.2, 0.25) is 5.02 Å². The van der Waals surface area contributed by atoms with Crippen LogP contribution in [-0.4, -0.2) is 17.9 Å². The van der Waals surface area contributed by atoms with Crippen LogP contribution in [0.5, 0.6) is 5.75 Å². The van der Waals surface area contributed by atoms with Crippen LogP contribution in [0.1, 0.15) is 17.3 Å². The van der Waals surface area contributed by atoms with Crippen LogP contribution in [0.15, 0.2) is 42.5 Å². The maximum atomic E-state index is 11.5. The molecule has 0 aliphatic heterocycles. The number of hydrogen-bond donors (Lipinski definition) is 1. The number of aromatic amines is 1. The highest BCUT2D eigenvalue weighted by Crippen LogP contribution is 2.31. The smallest absolute Gasteiger partial charge is 0.152 e. The van der Waals surface area contributed by atoms with Gasteiger partial charge in [0.25, 0.3) is 0 Å². The second-order valence-corrected chi connectivity index (χ2v) is 5.12. The number of benzene rings is 2. The molecule has 2 aromatic carbocycles. The average Bonchev–Trinajstić information content (AvgIpc) is 2.86. The summed E-state index contributed by atoms with van der Waals surface area (Å²) in [5.74, 6) is 0.813. The lowest BCUT2D eigenvalue weighted by Gasteiger charge is -2.04. The zero-order valence-electron chi connectivity index (χ0n) is 11.5. The number of H-pyrrole nitrogens is 1. The first-order valence-electron chi connectivity index (χ1n) is 6.72.